The molecule has 0 spiro atoms. The molecule has 20 heavy (non-hydrogen) atoms. The van der Waals surface area contributed by atoms with Gasteiger partial charge in [0.05, 0.1) is 0 Å². The lowest BCUT2D eigenvalue weighted by molar-refractivity contribution is 0.370. The summed E-state index contributed by atoms with van der Waals surface area (Å²) in [4.78, 5) is 18.1. The number of hydrogen-bond donors (Lipinski definition) is 2. The van der Waals surface area contributed by atoms with E-state index in [-0.39, 0.29) is 0 Å². The van der Waals surface area contributed by atoms with Crippen molar-refractivity contribution < 1.29 is 14.3 Å². The number of rotatable bonds is 9. The second kappa shape index (κ2) is 8.78. The highest BCUT2D eigenvalue weighted by Crippen LogP contribution is 2.37. The van der Waals surface area contributed by atoms with Gasteiger partial charge in [-0.25, -0.2) is 0 Å². The fourth-order valence-electron chi connectivity index (χ4n) is 2.09. The topological polar surface area (TPSA) is 49.7 Å². The molecule has 0 radical (unpaired) electrons. The van der Waals surface area contributed by atoms with Crippen LogP contribution in [0.1, 0.15) is 51.5 Å². The Hall–Kier alpha value is -0.410. The zero-order chi connectivity index (χ0) is 15.0. The van der Waals surface area contributed by atoms with Gasteiger partial charge >= 0.3 is 6.72 Å². The number of benzene rings is 1. The van der Waals surface area contributed by atoms with E-state index < -0.39 is 6.72 Å². The van der Waals surface area contributed by atoms with E-state index in [2.05, 4.69) is 25.7 Å². The van der Waals surface area contributed by atoms with Crippen molar-refractivity contribution in [3.05, 3.63) is 29.8 Å². The van der Waals surface area contributed by atoms with E-state index in [1.165, 1.54) is 37.7 Å². The number of aryl methyl sites for hydroxylation is 1. The summed E-state index contributed by atoms with van der Waals surface area (Å²) in [6, 6.07) is 7.38. The largest absolute Gasteiger partial charge is 0.424 e. The van der Waals surface area contributed by atoms with E-state index in [0.29, 0.717) is 5.75 Å². The molecule has 2 N–H and O–H groups in total. The Balaban J connectivity index is 2.23. The molecule has 0 aromatic heterocycles. The quantitative estimate of drug-likeness (QED) is 0.523. The predicted octanol–water partition coefficient (Wildman–Crippen LogP) is 4.42. The highest BCUT2D eigenvalue weighted by atomic mass is 32.5. The van der Waals surface area contributed by atoms with Crippen LogP contribution in [0.2, 0.25) is 0 Å². The van der Waals surface area contributed by atoms with Crippen molar-refractivity contribution in [3.63, 3.8) is 0 Å². The maximum absolute atomic E-state index is 9.06. The molecule has 3 nitrogen and oxygen atoms in total. The smallest absolute Gasteiger partial charge is 0.375 e. The second-order valence-corrected chi connectivity index (χ2v) is 8.16. The van der Waals surface area contributed by atoms with Crippen LogP contribution < -0.4 is 4.52 Å². The molecular formula is C15H25O3PS. The summed E-state index contributed by atoms with van der Waals surface area (Å²) in [7, 11) is 0. The molecule has 0 bridgehead atoms. The molecule has 0 saturated heterocycles. The van der Waals surface area contributed by atoms with E-state index in [9.17, 15) is 0 Å². The standard InChI is InChI=1S/C15H25O3PS/c1-13(2)7-5-3-4-6-8-14-9-11-15(12-10-14)18-19(16,17)20/h9-13H,3-8H2,1-2H3,(H2,16,17,20). The minimum atomic E-state index is -3.61. The zero-order valence-electron chi connectivity index (χ0n) is 12.3. The summed E-state index contributed by atoms with van der Waals surface area (Å²) in [6.45, 7) is 0.921. The summed E-state index contributed by atoms with van der Waals surface area (Å²) in [5, 5.41) is 0. The van der Waals surface area contributed by atoms with Gasteiger partial charge in [0.2, 0.25) is 0 Å². The summed E-state index contributed by atoms with van der Waals surface area (Å²) in [6.07, 6.45) is 7.45. The van der Waals surface area contributed by atoms with E-state index in [4.69, 9.17) is 14.3 Å². The van der Waals surface area contributed by atoms with Gasteiger partial charge in [-0.3, -0.25) is 0 Å². The first-order chi connectivity index (χ1) is 9.37. The minimum Gasteiger partial charge on any atom is -0.424 e. The fraction of sp³-hybridized carbons (Fsp3) is 0.600. The average molecular weight is 316 g/mol. The van der Waals surface area contributed by atoms with Crippen LogP contribution in [0.3, 0.4) is 0 Å². The first-order valence-electron chi connectivity index (χ1n) is 7.21. The summed E-state index contributed by atoms with van der Waals surface area (Å²) in [5.74, 6) is 1.22. The maximum Gasteiger partial charge on any atom is 0.375 e. The Morgan fingerprint density at radius 2 is 1.65 bits per heavy atom. The Bertz CT molecular complexity index is 425. The van der Waals surface area contributed by atoms with Gasteiger partial charge in [0.15, 0.2) is 0 Å². The monoisotopic (exact) mass is 316 g/mol. The van der Waals surface area contributed by atoms with Crippen molar-refractivity contribution >= 4 is 18.5 Å². The van der Waals surface area contributed by atoms with Crippen LogP contribution in [0, 0.1) is 5.92 Å². The van der Waals surface area contributed by atoms with Crippen LogP contribution in [0.25, 0.3) is 0 Å². The van der Waals surface area contributed by atoms with Gasteiger partial charge in [-0.2, -0.15) is 0 Å². The van der Waals surface area contributed by atoms with Crippen LogP contribution >= 0.6 is 6.72 Å². The number of hydrogen-bond acceptors (Lipinski definition) is 2. The van der Waals surface area contributed by atoms with Crippen molar-refractivity contribution in [2.45, 2.75) is 52.4 Å². The normalized spacial score (nSPS) is 11.8. The van der Waals surface area contributed by atoms with Gasteiger partial charge in [0, 0.05) is 11.8 Å². The van der Waals surface area contributed by atoms with Crippen molar-refractivity contribution in [2.75, 3.05) is 0 Å². The van der Waals surface area contributed by atoms with Gasteiger partial charge in [-0.05, 0) is 36.5 Å². The highest BCUT2D eigenvalue weighted by molar-refractivity contribution is 8.06. The fourth-order valence-corrected chi connectivity index (χ4v) is 2.74. The van der Waals surface area contributed by atoms with Crippen LogP contribution in [0.4, 0.5) is 0 Å². The molecule has 0 amide bonds. The molecule has 0 fully saturated rings. The van der Waals surface area contributed by atoms with E-state index in [0.717, 1.165) is 12.3 Å². The van der Waals surface area contributed by atoms with Crippen LogP contribution in [0.15, 0.2) is 24.3 Å². The molecule has 1 rings (SSSR count). The van der Waals surface area contributed by atoms with Crippen LogP contribution in [0.5, 0.6) is 5.75 Å². The van der Waals surface area contributed by atoms with Crippen LogP contribution in [-0.2, 0) is 18.2 Å². The zero-order valence-corrected chi connectivity index (χ0v) is 14.0. The molecule has 0 aliphatic carbocycles. The number of unbranched alkanes of at least 4 members (excludes halogenated alkanes) is 3. The average Bonchev–Trinajstić information content (AvgIpc) is 2.33. The molecule has 0 saturated carbocycles. The van der Waals surface area contributed by atoms with Gasteiger partial charge in [0.25, 0.3) is 0 Å². The first kappa shape index (κ1) is 17.6. The van der Waals surface area contributed by atoms with Crippen molar-refractivity contribution in [1.82, 2.24) is 0 Å². The Morgan fingerprint density at radius 1 is 1.05 bits per heavy atom. The van der Waals surface area contributed by atoms with E-state index >= 15 is 0 Å². The predicted molar refractivity (Wildman–Crippen MR) is 87.4 cm³/mol. The van der Waals surface area contributed by atoms with Gasteiger partial charge in [-0.1, -0.05) is 51.7 Å². The van der Waals surface area contributed by atoms with Crippen molar-refractivity contribution in [3.8, 4) is 5.75 Å². The maximum atomic E-state index is 9.06. The molecule has 1 aromatic carbocycles. The third kappa shape index (κ3) is 8.70. The lowest BCUT2D eigenvalue weighted by atomic mass is 10.0. The first-order valence-corrected chi connectivity index (χ1v) is 9.83. The lowest BCUT2D eigenvalue weighted by Crippen LogP contribution is -1.91. The third-order valence-corrected chi connectivity index (χ3v) is 3.82. The summed E-state index contributed by atoms with van der Waals surface area (Å²) in [5.41, 5.74) is 1.24. The molecule has 0 aliphatic rings. The van der Waals surface area contributed by atoms with Gasteiger partial charge in [-0.15, -0.1) is 0 Å². The summed E-state index contributed by atoms with van der Waals surface area (Å²) < 4.78 is 4.87. The summed E-state index contributed by atoms with van der Waals surface area (Å²) >= 11 is 4.43. The van der Waals surface area contributed by atoms with Gasteiger partial charge in [0.1, 0.15) is 5.75 Å². The molecular weight excluding hydrogens is 291 g/mol. The Labute approximate surface area is 127 Å². The third-order valence-electron chi connectivity index (χ3n) is 3.14. The SMILES string of the molecule is CC(C)CCCCCCc1ccc(OP(O)(O)=S)cc1. The van der Waals surface area contributed by atoms with Gasteiger partial charge < -0.3 is 14.3 Å². The molecule has 0 heterocycles. The molecule has 5 heteroatoms. The molecule has 114 valence electrons. The van der Waals surface area contributed by atoms with E-state index in [1.54, 1.807) is 12.1 Å². The molecule has 0 unspecified atom stereocenters. The second-order valence-electron chi connectivity index (χ2n) is 5.57. The molecule has 0 atom stereocenters. The highest BCUT2D eigenvalue weighted by Gasteiger charge is 2.09. The van der Waals surface area contributed by atoms with Crippen LogP contribution in [-0.4, -0.2) is 9.79 Å². The minimum absolute atomic E-state index is 0.416. The molecule has 1 aromatic rings. The Kier molecular flexibility index (Phi) is 7.75. The Morgan fingerprint density at radius 3 is 2.20 bits per heavy atom. The van der Waals surface area contributed by atoms with Crippen molar-refractivity contribution in [2.24, 2.45) is 5.92 Å². The van der Waals surface area contributed by atoms with E-state index in [1.807, 2.05) is 12.1 Å². The lowest BCUT2D eigenvalue weighted by Gasteiger charge is -2.10. The van der Waals surface area contributed by atoms with Crippen molar-refractivity contribution in [1.29, 1.82) is 0 Å². The molecule has 0 aliphatic heterocycles.